The molecule has 0 fully saturated rings. The fraction of sp³-hybridized carbons (Fsp3) is 0.174. The van der Waals surface area contributed by atoms with Crippen LogP contribution in [0.25, 0.3) is 22.3 Å². The summed E-state index contributed by atoms with van der Waals surface area (Å²) in [5, 5.41) is 29.3. The molecular weight excluding hydrogens is 452 g/mol. The van der Waals surface area contributed by atoms with E-state index in [1.165, 1.54) is 7.11 Å². The maximum absolute atomic E-state index is 13.0. The summed E-state index contributed by atoms with van der Waals surface area (Å²) in [6.45, 7) is 0. The van der Waals surface area contributed by atoms with Gasteiger partial charge in [-0.2, -0.15) is 10.5 Å². The first-order valence-electron chi connectivity index (χ1n) is 10.6. The number of anilines is 2. The van der Waals surface area contributed by atoms with Crippen molar-refractivity contribution in [1.29, 1.82) is 5.26 Å². The number of aromatic amines is 2. The van der Waals surface area contributed by atoms with Gasteiger partial charge in [0, 0.05) is 23.8 Å². The van der Waals surface area contributed by atoms with E-state index in [2.05, 4.69) is 41.0 Å². The summed E-state index contributed by atoms with van der Waals surface area (Å²) < 4.78 is 4.58. The van der Waals surface area contributed by atoms with Crippen molar-refractivity contribution >= 4 is 40.1 Å². The molecular formula is C23H20N8O4. The summed E-state index contributed by atoms with van der Waals surface area (Å²) in [5.41, 5.74) is 2.55. The number of para-hydroxylation sites is 1. The molecule has 0 saturated heterocycles. The number of amides is 2. The van der Waals surface area contributed by atoms with Gasteiger partial charge in [-0.1, -0.05) is 12.1 Å². The van der Waals surface area contributed by atoms with Gasteiger partial charge in [0.05, 0.1) is 35.6 Å². The van der Waals surface area contributed by atoms with Crippen molar-refractivity contribution in [3.8, 4) is 17.5 Å². The largest absolute Gasteiger partial charge is 0.469 e. The number of aromatic nitrogens is 5. The number of hydrogen-bond donors (Lipinski definition) is 4. The van der Waals surface area contributed by atoms with E-state index in [1.54, 1.807) is 36.4 Å². The second-order valence-electron chi connectivity index (χ2n) is 7.49. The van der Waals surface area contributed by atoms with Gasteiger partial charge in [0.25, 0.3) is 5.91 Å². The number of ether oxygens (including phenoxy) is 1. The minimum absolute atomic E-state index is 0.150. The number of hydrogen-bond acceptors (Lipinski definition) is 8. The smallest absolute Gasteiger partial charge is 0.305 e. The van der Waals surface area contributed by atoms with Crippen LogP contribution in [0.15, 0.2) is 42.5 Å². The zero-order chi connectivity index (χ0) is 24.8. The zero-order valence-electron chi connectivity index (χ0n) is 18.6. The Balaban J connectivity index is 1.53. The third kappa shape index (κ3) is 5.31. The van der Waals surface area contributed by atoms with Gasteiger partial charge in [-0.3, -0.25) is 14.4 Å². The number of nitrogens with one attached hydrogen (secondary N) is 4. The predicted molar refractivity (Wildman–Crippen MR) is 125 cm³/mol. The van der Waals surface area contributed by atoms with Gasteiger partial charge >= 0.3 is 5.97 Å². The molecule has 176 valence electrons. The molecule has 0 aliphatic heterocycles. The molecule has 35 heavy (non-hydrogen) atoms. The van der Waals surface area contributed by atoms with Gasteiger partial charge in [0.15, 0.2) is 0 Å². The van der Waals surface area contributed by atoms with E-state index in [0.29, 0.717) is 34.4 Å². The fourth-order valence-electron chi connectivity index (χ4n) is 3.46. The van der Waals surface area contributed by atoms with E-state index in [-0.39, 0.29) is 36.2 Å². The van der Waals surface area contributed by atoms with Crippen LogP contribution in [0.5, 0.6) is 0 Å². The van der Waals surface area contributed by atoms with E-state index in [0.717, 1.165) is 5.39 Å². The molecule has 2 amide bonds. The molecule has 2 aromatic heterocycles. The van der Waals surface area contributed by atoms with E-state index in [4.69, 9.17) is 0 Å². The van der Waals surface area contributed by atoms with Crippen LogP contribution in [0.2, 0.25) is 0 Å². The number of carbonyl (C=O) groups is 3. The maximum atomic E-state index is 13.0. The molecule has 0 aliphatic rings. The monoisotopic (exact) mass is 472 g/mol. The second-order valence-corrected chi connectivity index (χ2v) is 7.49. The van der Waals surface area contributed by atoms with Crippen molar-refractivity contribution in [3.63, 3.8) is 0 Å². The third-order valence-electron chi connectivity index (χ3n) is 5.17. The molecule has 0 radical (unpaired) electrons. The highest BCUT2D eigenvalue weighted by Crippen LogP contribution is 2.28. The Labute approximate surface area is 198 Å². The first-order valence-corrected chi connectivity index (χ1v) is 10.6. The lowest BCUT2D eigenvalue weighted by Gasteiger charge is -2.08. The molecule has 0 atom stereocenters. The molecule has 0 unspecified atom stereocenters. The lowest BCUT2D eigenvalue weighted by Crippen LogP contribution is -2.14. The van der Waals surface area contributed by atoms with Crippen molar-refractivity contribution in [2.45, 2.75) is 19.3 Å². The standard InChI is InChI=1S/C23H20N8O4/c1-35-20(33)7-3-6-19(32)25-17-5-2-4-14-11-18(26-21(14)17)23(34)27-16-9-8-13(12-24)10-15(16)22-28-30-31-29-22/h2,4-5,8-11,26H,3,6-7H2,1H3,(H,25,32)(H,27,34)(H,28,29,30,31). The van der Waals surface area contributed by atoms with Crippen molar-refractivity contribution in [2.24, 2.45) is 0 Å². The fourth-order valence-corrected chi connectivity index (χ4v) is 3.46. The van der Waals surface area contributed by atoms with E-state index in [9.17, 15) is 19.6 Å². The molecule has 12 heteroatoms. The van der Waals surface area contributed by atoms with E-state index in [1.807, 2.05) is 12.1 Å². The SMILES string of the molecule is COC(=O)CCCC(=O)Nc1cccc2cc(C(=O)Nc3ccc(C#N)cc3-c3nn[nH]n3)[nH]c12. The third-order valence-corrected chi connectivity index (χ3v) is 5.17. The summed E-state index contributed by atoms with van der Waals surface area (Å²) in [4.78, 5) is 39.6. The van der Waals surface area contributed by atoms with Crippen molar-refractivity contribution in [3.05, 3.63) is 53.7 Å². The van der Waals surface area contributed by atoms with E-state index < -0.39 is 5.91 Å². The van der Waals surface area contributed by atoms with Crippen molar-refractivity contribution < 1.29 is 19.1 Å². The first-order chi connectivity index (χ1) is 17.0. The van der Waals surface area contributed by atoms with Crippen LogP contribution in [-0.2, 0) is 14.3 Å². The number of H-pyrrole nitrogens is 2. The number of benzene rings is 2. The van der Waals surface area contributed by atoms with Crippen LogP contribution >= 0.6 is 0 Å². The number of methoxy groups -OCH3 is 1. The number of tetrazole rings is 1. The van der Waals surface area contributed by atoms with Crippen molar-refractivity contribution in [2.75, 3.05) is 17.7 Å². The van der Waals surface area contributed by atoms with Gasteiger partial charge in [0.2, 0.25) is 11.7 Å². The molecule has 2 aromatic carbocycles. The average Bonchev–Trinajstić information content (AvgIpc) is 3.55. The summed E-state index contributed by atoms with van der Waals surface area (Å²) in [6, 6.07) is 13.7. The topological polar surface area (TPSA) is 179 Å². The molecule has 4 N–H and O–H groups in total. The normalized spacial score (nSPS) is 10.5. The molecule has 0 bridgehead atoms. The van der Waals surface area contributed by atoms with Crippen LogP contribution in [-0.4, -0.2) is 50.5 Å². The van der Waals surface area contributed by atoms with Crippen LogP contribution < -0.4 is 10.6 Å². The van der Waals surface area contributed by atoms with Gasteiger partial charge in [-0.15, -0.1) is 10.2 Å². The number of carbonyl (C=O) groups excluding carboxylic acids is 3. The van der Waals surface area contributed by atoms with Gasteiger partial charge in [-0.05, 0) is 42.0 Å². The molecule has 0 spiro atoms. The highest BCUT2D eigenvalue weighted by molar-refractivity contribution is 6.09. The highest BCUT2D eigenvalue weighted by Gasteiger charge is 2.17. The minimum Gasteiger partial charge on any atom is -0.469 e. The Hall–Kier alpha value is -5.05. The van der Waals surface area contributed by atoms with Crippen LogP contribution in [0.1, 0.15) is 35.3 Å². The number of fused-ring (bicyclic) bond motifs is 1. The average molecular weight is 472 g/mol. The Kier molecular flexibility index (Phi) is 6.78. The number of esters is 1. The van der Waals surface area contributed by atoms with Crippen LogP contribution in [0.4, 0.5) is 11.4 Å². The highest BCUT2D eigenvalue weighted by atomic mass is 16.5. The van der Waals surface area contributed by atoms with Gasteiger partial charge < -0.3 is 20.4 Å². The zero-order valence-corrected chi connectivity index (χ0v) is 18.6. The van der Waals surface area contributed by atoms with Gasteiger partial charge in [-0.25, -0.2) is 0 Å². The Morgan fingerprint density at radius 3 is 2.69 bits per heavy atom. The summed E-state index contributed by atoms with van der Waals surface area (Å²) >= 11 is 0. The van der Waals surface area contributed by atoms with Gasteiger partial charge in [0.1, 0.15) is 5.69 Å². The second kappa shape index (κ2) is 10.3. The maximum Gasteiger partial charge on any atom is 0.305 e. The number of nitrogens with zero attached hydrogens (tertiary/aromatic N) is 4. The Bertz CT molecular complexity index is 1440. The quantitative estimate of drug-likeness (QED) is 0.283. The molecule has 4 aromatic rings. The molecule has 4 rings (SSSR count). The molecule has 0 saturated carbocycles. The first kappa shape index (κ1) is 23.1. The Morgan fingerprint density at radius 2 is 1.94 bits per heavy atom. The van der Waals surface area contributed by atoms with Crippen molar-refractivity contribution in [1.82, 2.24) is 25.6 Å². The number of nitriles is 1. The lowest BCUT2D eigenvalue weighted by molar-refractivity contribution is -0.140. The summed E-state index contributed by atoms with van der Waals surface area (Å²) in [5.74, 6) is -0.841. The molecule has 0 aliphatic carbocycles. The summed E-state index contributed by atoms with van der Waals surface area (Å²) in [7, 11) is 1.30. The molecule has 12 nitrogen and oxygen atoms in total. The predicted octanol–water partition coefficient (Wildman–Crippen LogP) is 2.75. The minimum atomic E-state index is -0.439. The lowest BCUT2D eigenvalue weighted by atomic mass is 10.1. The number of rotatable bonds is 8. The molecule has 2 heterocycles. The van der Waals surface area contributed by atoms with Crippen LogP contribution in [0.3, 0.4) is 0 Å². The Morgan fingerprint density at radius 1 is 1.09 bits per heavy atom. The van der Waals surface area contributed by atoms with E-state index >= 15 is 0 Å². The summed E-state index contributed by atoms with van der Waals surface area (Å²) in [6.07, 6.45) is 0.666. The van der Waals surface area contributed by atoms with Crippen LogP contribution in [0, 0.1) is 11.3 Å².